The summed E-state index contributed by atoms with van der Waals surface area (Å²) < 4.78 is 4.93. The molecule has 2 fully saturated rings. The smallest absolute Gasteiger partial charge is 0.325 e. The van der Waals surface area contributed by atoms with Gasteiger partial charge in [0.15, 0.2) is 0 Å². The fraction of sp³-hybridized carbons (Fsp3) is 0.786. The number of nitrogens with zero attached hydrogens (tertiary/aromatic N) is 1. The summed E-state index contributed by atoms with van der Waals surface area (Å²) in [6.45, 7) is 1.95. The minimum Gasteiger partial charge on any atom is -0.383 e. The fourth-order valence-corrected chi connectivity index (χ4v) is 3.07. The predicted octanol–water partition coefficient (Wildman–Crippen LogP) is 0.392. The van der Waals surface area contributed by atoms with E-state index in [2.05, 4.69) is 10.6 Å². The van der Waals surface area contributed by atoms with Crippen LogP contribution >= 0.6 is 0 Å². The maximum absolute atomic E-state index is 12.5. The highest BCUT2D eigenvalue weighted by atomic mass is 16.5. The van der Waals surface area contributed by atoms with Gasteiger partial charge < -0.3 is 15.4 Å². The summed E-state index contributed by atoms with van der Waals surface area (Å²) in [6.07, 6.45) is 4.26. The van der Waals surface area contributed by atoms with Crippen LogP contribution in [0.5, 0.6) is 0 Å². The molecule has 2 aliphatic rings. The second-order valence-corrected chi connectivity index (χ2v) is 5.89. The number of carbonyl (C=O) groups is 3. The van der Waals surface area contributed by atoms with Crippen LogP contribution in [0.1, 0.15) is 39.0 Å². The fourth-order valence-electron chi connectivity index (χ4n) is 3.07. The lowest BCUT2D eigenvalue weighted by molar-refractivity contribution is -0.136. The molecule has 0 aromatic heterocycles. The summed E-state index contributed by atoms with van der Waals surface area (Å²) in [5.74, 6) is -0.613. The Labute approximate surface area is 124 Å². The van der Waals surface area contributed by atoms with Gasteiger partial charge in [0.25, 0.3) is 5.91 Å². The van der Waals surface area contributed by atoms with Gasteiger partial charge in [-0.1, -0.05) is 19.3 Å². The first-order valence-electron chi connectivity index (χ1n) is 7.41. The van der Waals surface area contributed by atoms with Crippen molar-refractivity contribution < 1.29 is 19.1 Å². The van der Waals surface area contributed by atoms with Crippen molar-refractivity contribution in [3.05, 3.63) is 0 Å². The molecule has 0 aromatic rings. The topological polar surface area (TPSA) is 87.7 Å². The maximum Gasteiger partial charge on any atom is 0.325 e. The number of rotatable bonds is 5. The van der Waals surface area contributed by atoms with Gasteiger partial charge in [-0.25, -0.2) is 4.79 Å². The molecule has 1 heterocycles. The van der Waals surface area contributed by atoms with Crippen LogP contribution in [0.25, 0.3) is 0 Å². The Morgan fingerprint density at radius 3 is 2.67 bits per heavy atom. The number of carbonyl (C=O) groups excluding carboxylic acids is 3. The molecule has 2 rings (SSSR count). The molecule has 1 aliphatic carbocycles. The third-order valence-corrected chi connectivity index (χ3v) is 4.08. The van der Waals surface area contributed by atoms with Gasteiger partial charge in [-0.15, -0.1) is 0 Å². The summed E-state index contributed by atoms with van der Waals surface area (Å²) in [5, 5.41) is 5.49. The molecule has 2 N–H and O–H groups in total. The molecular formula is C14H23N3O4. The van der Waals surface area contributed by atoms with Crippen molar-refractivity contribution >= 4 is 17.8 Å². The van der Waals surface area contributed by atoms with Crippen molar-refractivity contribution in [2.24, 2.45) is 0 Å². The molecule has 0 radical (unpaired) electrons. The van der Waals surface area contributed by atoms with E-state index in [1.54, 1.807) is 14.0 Å². The molecule has 7 nitrogen and oxygen atoms in total. The van der Waals surface area contributed by atoms with E-state index >= 15 is 0 Å². The van der Waals surface area contributed by atoms with Crippen LogP contribution in [0.15, 0.2) is 0 Å². The van der Waals surface area contributed by atoms with Crippen molar-refractivity contribution in [1.82, 2.24) is 15.5 Å². The second kappa shape index (κ2) is 6.43. The largest absolute Gasteiger partial charge is 0.383 e. The van der Waals surface area contributed by atoms with Crippen LogP contribution in [0.2, 0.25) is 0 Å². The Morgan fingerprint density at radius 2 is 2.05 bits per heavy atom. The Hall–Kier alpha value is -1.63. The molecule has 4 amide bonds. The summed E-state index contributed by atoms with van der Waals surface area (Å²) in [6, 6.07) is -0.622. The minimum atomic E-state index is -0.770. The number of ether oxygens (including phenoxy) is 1. The zero-order valence-corrected chi connectivity index (χ0v) is 12.6. The number of urea groups is 1. The lowest BCUT2D eigenvalue weighted by Gasteiger charge is -2.30. The van der Waals surface area contributed by atoms with Crippen LogP contribution < -0.4 is 10.6 Å². The van der Waals surface area contributed by atoms with Gasteiger partial charge in [-0.3, -0.25) is 14.5 Å². The Morgan fingerprint density at radius 1 is 1.38 bits per heavy atom. The van der Waals surface area contributed by atoms with Gasteiger partial charge in [-0.2, -0.15) is 0 Å². The third kappa shape index (κ3) is 3.34. The average molecular weight is 297 g/mol. The number of imide groups is 1. The van der Waals surface area contributed by atoms with Crippen molar-refractivity contribution in [1.29, 1.82) is 0 Å². The summed E-state index contributed by atoms with van der Waals surface area (Å²) >= 11 is 0. The first-order chi connectivity index (χ1) is 9.98. The SMILES string of the molecule is COC[C@@H](C)NC(=O)CN1C(=O)NC2(CCCCC2)C1=O. The van der Waals surface area contributed by atoms with E-state index in [1.165, 1.54) is 0 Å². The highest BCUT2D eigenvalue weighted by molar-refractivity contribution is 6.09. The molecule has 1 atom stereocenters. The van der Waals surface area contributed by atoms with Crippen LogP contribution in [0.3, 0.4) is 0 Å². The quantitative estimate of drug-likeness (QED) is 0.719. The monoisotopic (exact) mass is 297 g/mol. The zero-order valence-electron chi connectivity index (χ0n) is 12.6. The van der Waals surface area contributed by atoms with Crippen molar-refractivity contribution in [2.75, 3.05) is 20.3 Å². The summed E-state index contributed by atoms with van der Waals surface area (Å²) in [4.78, 5) is 37.4. The van der Waals surface area contributed by atoms with Crippen molar-refractivity contribution in [2.45, 2.75) is 50.6 Å². The predicted molar refractivity (Wildman–Crippen MR) is 75.5 cm³/mol. The molecule has 118 valence electrons. The number of hydrogen-bond donors (Lipinski definition) is 2. The van der Waals surface area contributed by atoms with E-state index in [0.717, 1.165) is 24.2 Å². The average Bonchev–Trinajstić information content (AvgIpc) is 2.64. The molecule has 21 heavy (non-hydrogen) atoms. The van der Waals surface area contributed by atoms with E-state index in [4.69, 9.17) is 4.74 Å². The molecule has 1 spiro atoms. The van der Waals surface area contributed by atoms with Crippen LogP contribution in [0, 0.1) is 0 Å². The van der Waals surface area contributed by atoms with Gasteiger partial charge in [0, 0.05) is 13.2 Å². The summed E-state index contributed by atoms with van der Waals surface area (Å²) in [7, 11) is 1.55. The van der Waals surface area contributed by atoms with E-state index in [9.17, 15) is 14.4 Å². The van der Waals surface area contributed by atoms with E-state index in [0.29, 0.717) is 19.4 Å². The number of amides is 4. The van der Waals surface area contributed by atoms with Crippen LogP contribution in [0.4, 0.5) is 4.79 Å². The molecule has 1 saturated carbocycles. The molecule has 0 unspecified atom stereocenters. The van der Waals surface area contributed by atoms with Crippen molar-refractivity contribution in [3.8, 4) is 0 Å². The standard InChI is InChI=1S/C14H23N3O4/c1-10(9-21-2)15-11(18)8-17-12(19)14(16-13(17)20)6-4-3-5-7-14/h10H,3-9H2,1-2H3,(H,15,18)(H,16,20)/t10-/m1/s1. The Bertz CT molecular complexity index is 432. The van der Waals surface area contributed by atoms with Gasteiger partial charge in [-0.05, 0) is 19.8 Å². The highest BCUT2D eigenvalue weighted by Gasteiger charge is 2.51. The van der Waals surface area contributed by atoms with Gasteiger partial charge >= 0.3 is 6.03 Å². The molecule has 7 heteroatoms. The maximum atomic E-state index is 12.5. The zero-order chi connectivity index (χ0) is 15.5. The number of methoxy groups -OCH3 is 1. The van der Waals surface area contributed by atoms with Gasteiger partial charge in [0.05, 0.1) is 6.61 Å². The lowest BCUT2D eigenvalue weighted by Crippen LogP contribution is -2.49. The minimum absolute atomic E-state index is 0.160. The lowest BCUT2D eigenvalue weighted by atomic mass is 9.82. The second-order valence-electron chi connectivity index (χ2n) is 5.89. The third-order valence-electron chi connectivity index (χ3n) is 4.08. The normalized spacial score (nSPS) is 22.3. The van der Waals surface area contributed by atoms with Gasteiger partial charge in [0.2, 0.25) is 5.91 Å². The summed E-state index contributed by atoms with van der Waals surface area (Å²) in [5.41, 5.74) is -0.770. The van der Waals surface area contributed by atoms with Crippen molar-refractivity contribution in [3.63, 3.8) is 0 Å². The number of nitrogens with one attached hydrogen (secondary N) is 2. The van der Waals surface area contributed by atoms with Gasteiger partial charge in [0.1, 0.15) is 12.1 Å². The molecule has 0 aromatic carbocycles. The molecule has 1 saturated heterocycles. The van der Waals surface area contributed by atoms with Crippen LogP contribution in [-0.2, 0) is 14.3 Å². The van der Waals surface area contributed by atoms with E-state index in [-0.39, 0.29) is 24.4 Å². The van der Waals surface area contributed by atoms with E-state index < -0.39 is 11.6 Å². The Balaban J connectivity index is 1.95. The molecular weight excluding hydrogens is 274 g/mol. The first-order valence-corrected chi connectivity index (χ1v) is 7.41. The number of hydrogen-bond acceptors (Lipinski definition) is 4. The van der Waals surface area contributed by atoms with E-state index in [1.807, 2.05) is 0 Å². The highest BCUT2D eigenvalue weighted by Crippen LogP contribution is 2.33. The van der Waals surface area contributed by atoms with Crippen LogP contribution in [-0.4, -0.2) is 54.6 Å². The first kappa shape index (κ1) is 15.8. The molecule has 1 aliphatic heterocycles. The molecule has 0 bridgehead atoms. The Kier molecular flexibility index (Phi) is 4.82.